The summed E-state index contributed by atoms with van der Waals surface area (Å²) >= 11 is 1.77. The predicted molar refractivity (Wildman–Crippen MR) is 77.9 cm³/mol. The Bertz CT molecular complexity index is 480. The highest BCUT2D eigenvalue weighted by Gasteiger charge is 2.14. The highest BCUT2D eigenvalue weighted by Crippen LogP contribution is 2.24. The van der Waals surface area contributed by atoms with E-state index in [1.54, 1.807) is 11.3 Å². The van der Waals surface area contributed by atoms with Gasteiger partial charge in [-0.2, -0.15) is 0 Å². The van der Waals surface area contributed by atoms with Gasteiger partial charge >= 0.3 is 0 Å². The molecule has 0 spiro atoms. The van der Waals surface area contributed by atoms with Crippen LogP contribution in [0.4, 0.5) is 5.82 Å². The minimum Gasteiger partial charge on any atom is -0.351 e. The van der Waals surface area contributed by atoms with Crippen molar-refractivity contribution >= 4 is 17.2 Å². The van der Waals surface area contributed by atoms with E-state index in [0.717, 1.165) is 24.5 Å². The second-order valence-corrected chi connectivity index (χ2v) is 5.33. The number of anilines is 1. The van der Waals surface area contributed by atoms with E-state index >= 15 is 0 Å². The van der Waals surface area contributed by atoms with E-state index in [1.807, 2.05) is 19.2 Å². The standard InChI is InChI=1S/C14H19N3S/c1-3-17(10-12-6-5-9-18-12)14-13(11(2)15)7-4-8-16-14/h4-9,11H,3,10,15H2,1-2H3/t11-/m1/s1. The highest BCUT2D eigenvalue weighted by molar-refractivity contribution is 7.09. The number of nitrogens with zero attached hydrogens (tertiary/aromatic N) is 2. The summed E-state index contributed by atoms with van der Waals surface area (Å²) in [6.07, 6.45) is 1.83. The fourth-order valence-corrected chi connectivity index (χ4v) is 2.68. The zero-order valence-corrected chi connectivity index (χ0v) is 11.7. The molecule has 2 aromatic rings. The summed E-state index contributed by atoms with van der Waals surface area (Å²) in [5.41, 5.74) is 7.12. The van der Waals surface area contributed by atoms with Crippen molar-refractivity contribution in [1.29, 1.82) is 0 Å². The number of thiophene rings is 1. The molecule has 0 saturated heterocycles. The van der Waals surface area contributed by atoms with E-state index < -0.39 is 0 Å². The van der Waals surface area contributed by atoms with Crippen LogP contribution in [-0.4, -0.2) is 11.5 Å². The van der Waals surface area contributed by atoms with Crippen molar-refractivity contribution in [1.82, 2.24) is 4.98 Å². The maximum atomic E-state index is 6.02. The van der Waals surface area contributed by atoms with Crippen LogP contribution >= 0.6 is 11.3 Å². The summed E-state index contributed by atoms with van der Waals surface area (Å²) in [6.45, 7) is 5.96. The molecular formula is C14H19N3S. The lowest BCUT2D eigenvalue weighted by molar-refractivity contribution is 0.765. The molecule has 0 aliphatic carbocycles. The van der Waals surface area contributed by atoms with E-state index in [4.69, 9.17) is 5.73 Å². The van der Waals surface area contributed by atoms with Crippen molar-refractivity contribution in [2.75, 3.05) is 11.4 Å². The first-order valence-electron chi connectivity index (χ1n) is 6.20. The van der Waals surface area contributed by atoms with Crippen molar-refractivity contribution in [3.05, 3.63) is 46.3 Å². The normalized spacial score (nSPS) is 12.4. The fourth-order valence-electron chi connectivity index (χ4n) is 1.96. The zero-order chi connectivity index (χ0) is 13.0. The second-order valence-electron chi connectivity index (χ2n) is 4.30. The van der Waals surface area contributed by atoms with Gasteiger partial charge in [-0.3, -0.25) is 0 Å². The number of pyridine rings is 1. The molecule has 2 heterocycles. The molecule has 1 atom stereocenters. The maximum absolute atomic E-state index is 6.02. The van der Waals surface area contributed by atoms with Crippen LogP contribution in [0.2, 0.25) is 0 Å². The summed E-state index contributed by atoms with van der Waals surface area (Å²) < 4.78 is 0. The predicted octanol–water partition coefficient (Wildman–Crippen LogP) is 3.19. The van der Waals surface area contributed by atoms with Gasteiger partial charge in [0.2, 0.25) is 0 Å². The SMILES string of the molecule is CCN(Cc1cccs1)c1ncccc1[C@@H](C)N. The Balaban J connectivity index is 2.27. The molecule has 0 aromatic carbocycles. The number of hydrogen-bond acceptors (Lipinski definition) is 4. The van der Waals surface area contributed by atoms with Crippen molar-refractivity contribution in [3.63, 3.8) is 0 Å². The molecule has 0 aliphatic heterocycles. The Morgan fingerprint density at radius 3 is 2.83 bits per heavy atom. The third-order valence-corrected chi connectivity index (χ3v) is 3.78. The monoisotopic (exact) mass is 261 g/mol. The van der Waals surface area contributed by atoms with E-state index in [-0.39, 0.29) is 6.04 Å². The molecule has 96 valence electrons. The van der Waals surface area contributed by atoms with E-state index in [2.05, 4.69) is 40.4 Å². The van der Waals surface area contributed by atoms with Gasteiger partial charge in [0.15, 0.2) is 0 Å². The average Bonchev–Trinajstić information content (AvgIpc) is 2.88. The lowest BCUT2D eigenvalue weighted by atomic mass is 10.1. The molecule has 0 bridgehead atoms. The second kappa shape index (κ2) is 5.98. The van der Waals surface area contributed by atoms with Crippen molar-refractivity contribution < 1.29 is 0 Å². The molecule has 3 nitrogen and oxygen atoms in total. The molecule has 2 N–H and O–H groups in total. The van der Waals surface area contributed by atoms with Gasteiger partial charge in [0.1, 0.15) is 5.82 Å². The Kier molecular flexibility index (Phi) is 4.33. The molecule has 2 aromatic heterocycles. The zero-order valence-electron chi connectivity index (χ0n) is 10.8. The first-order chi connectivity index (χ1) is 8.72. The van der Waals surface area contributed by atoms with Crippen LogP contribution < -0.4 is 10.6 Å². The lowest BCUT2D eigenvalue weighted by Gasteiger charge is -2.25. The van der Waals surface area contributed by atoms with E-state index in [1.165, 1.54) is 4.88 Å². The average molecular weight is 261 g/mol. The Morgan fingerprint density at radius 1 is 1.39 bits per heavy atom. The number of hydrogen-bond donors (Lipinski definition) is 1. The number of nitrogens with two attached hydrogens (primary N) is 1. The smallest absolute Gasteiger partial charge is 0.133 e. The van der Waals surface area contributed by atoms with Crippen LogP contribution in [0.5, 0.6) is 0 Å². The third kappa shape index (κ3) is 2.89. The van der Waals surface area contributed by atoms with Crippen molar-refractivity contribution in [2.24, 2.45) is 5.73 Å². The summed E-state index contributed by atoms with van der Waals surface area (Å²) in [7, 11) is 0. The van der Waals surface area contributed by atoms with Gasteiger partial charge in [0, 0.05) is 29.2 Å². The summed E-state index contributed by atoms with van der Waals surface area (Å²) in [5, 5.41) is 2.11. The van der Waals surface area contributed by atoms with Crippen molar-refractivity contribution in [2.45, 2.75) is 26.4 Å². The molecule has 0 radical (unpaired) electrons. The topological polar surface area (TPSA) is 42.2 Å². The van der Waals surface area contributed by atoms with Gasteiger partial charge in [-0.15, -0.1) is 11.3 Å². The third-order valence-electron chi connectivity index (χ3n) is 2.92. The minimum atomic E-state index is 0.00563. The maximum Gasteiger partial charge on any atom is 0.133 e. The molecule has 0 amide bonds. The first kappa shape index (κ1) is 13.1. The van der Waals surface area contributed by atoms with Gasteiger partial charge in [-0.1, -0.05) is 12.1 Å². The summed E-state index contributed by atoms with van der Waals surface area (Å²) in [5.74, 6) is 1.00. The van der Waals surface area contributed by atoms with Crippen LogP contribution in [0, 0.1) is 0 Å². The Hall–Kier alpha value is -1.39. The molecule has 0 fully saturated rings. The van der Waals surface area contributed by atoms with E-state index in [9.17, 15) is 0 Å². The molecule has 4 heteroatoms. The molecule has 0 unspecified atom stereocenters. The van der Waals surface area contributed by atoms with Gasteiger partial charge in [-0.05, 0) is 31.4 Å². The Labute approximate surface area is 112 Å². The van der Waals surface area contributed by atoms with Crippen LogP contribution in [-0.2, 0) is 6.54 Å². The summed E-state index contributed by atoms with van der Waals surface area (Å²) in [4.78, 5) is 8.12. The molecule has 0 saturated carbocycles. The number of rotatable bonds is 5. The van der Waals surface area contributed by atoms with Crippen molar-refractivity contribution in [3.8, 4) is 0 Å². The first-order valence-corrected chi connectivity index (χ1v) is 7.08. The highest BCUT2D eigenvalue weighted by atomic mass is 32.1. The quantitative estimate of drug-likeness (QED) is 0.898. The Morgan fingerprint density at radius 2 is 2.22 bits per heavy atom. The van der Waals surface area contributed by atoms with Gasteiger partial charge in [0.05, 0.1) is 6.54 Å². The largest absolute Gasteiger partial charge is 0.351 e. The van der Waals surface area contributed by atoms with Crippen LogP contribution in [0.1, 0.15) is 30.3 Å². The summed E-state index contributed by atoms with van der Waals surface area (Å²) in [6, 6.07) is 8.25. The van der Waals surface area contributed by atoms with Gasteiger partial charge < -0.3 is 10.6 Å². The van der Waals surface area contributed by atoms with Gasteiger partial charge in [0.25, 0.3) is 0 Å². The molecule has 0 aliphatic rings. The minimum absolute atomic E-state index is 0.00563. The van der Waals surface area contributed by atoms with Gasteiger partial charge in [-0.25, -0.2) is 4.98 Å². The van der Waals surface area contributed by atoms with Crippen LogP contribution in [0.15, 0.2) is 35.8 Å². The van der Waals surface area contributed by atoms with Crippen LogP contribution in [0.3, 0.4) is 0 Å². The fraction of sp³-hybridized carbons (Fsp3) is 0.357. The lowest BCUT2D eigenvalue weighted by Crippen LogP contribution is -2.25. The number of aromatic nitrogens is 1. The molecule has 2 rings (SSSR count). The van der Waals surface area contributed by atoms with Crippen LogP contribution in [0.25, 0.3) is 0 Å². The molecule has 18 heavy (non-hydrogen) atoms. The molecular weight excluding hydrogens is 242 g/mol. The van der Waals surface area contributed by atoms with E-state index in [0.29, 0.717) is 0 Å².